The summed E-state index contributed by atoms with van der Waals surface area (Å²) in [5.41, 5.74) is 0. The summed E-state index contributed by atoms with van der Waals surface area (Å²) in [6.07, 6.45) is 4.54. The van der Waals surface area contributed by atoms with Gasteiger partial charge in [-0.25, -0.2) is 0 Å². The molecule has 1 saturated heterocycles. The second kappa shape index (κ2) is 2.60. The lowest BCUT2D eigenvalue weighted by atomic mass is 10.0. The first-order valence-electron chi connectivity index (χ1n) is 5.27. The summed E-state index contributed by atoms with van der Waals surface area (Å²) < 4.78 is 11.6. The number of fused-ring (bicyclic) bond motifs is 3. The molecule has 0 aromatic carbocycles. The van der Waals surface area contributed by atoms with Crippen LogP contribution in [0.25, 0.3) is 0 Å². The van der Waals surface area contributed by atoms with Gasteiger partial charge in [-0.15, -0.1) is 0 Å². The van der Waals surface area contributed by atoms with E-state index in [1.165, 1.54) is 0 Å². The first kappa shape index (κ1) is 8.89. The van der Waals surface area contributed by atoms with Crippen molar-refractivity contribution < 1.29 is 14.6 Å². The minimum Gasteiger partial charge on any atom is -0.396 e. The molecule has 14 heavy (non-hydrogen) atoms. The van der Waals surface area contributed by atoms with Gasteiger partial charge in [0, 0.05) is 12.5 Å². The molecule has 1 aliphatic heterocycles. The Morgan fingerprint density at radius 2 is 2.07 bits per heavy atom. The van der Waals surface area contributed by atoms with E-state index in [0.29, 0.717) is 17.8 Å². The standard InChI is InChI=1S/C11H16O3/c1-11(2)13-8-4-3-6-7(5-12)9(6)10(8)14-11/h3-4,6-10,12H,5H2,1-2H3/t6-,7+,8+,9-,10+/m0/s1. The normalized spacial score (nSPS) is 52.6. The van der Waals surface area contributed by atoms with Crippen molar-refractivity contribution in [3.8, 4) is 0 Å². The van der Waals surface area contributed by atoms with Gasteiger partial charge in [-0.3, -0.25) is 0 Å². The van der Waals surface area contributed by atoms with Crippen LogP contribution in [0.2, 0.25) is 0 Å². The Labute approximate surface area is 83.7 Å². The third-order valence-electron chi connectivity index (χ3n) is 3.57. The maximum absolute atomic E-state index is 9.16. The Bertz CT molecular complexity index is 284. The average molecular weight is 196 g/mol. The Morgan fingerprint density at radius 1 is 1.29 bits per heavy atom. The van der Waals surface area contributed by atoms with E-state index in [1.54, 1.807) is 0 Å². The fourth-order valence-corrected chi connectivity index (χ4v) is 2.91. The van der Waals surface area contributed by atoms with E-state index in [2.05, 4.69) is 12.2 Å². The predicted molar refractivity (Wildman–Crippen MR) is 50.5 cm³/mol. The Morgan fingerprint density at radius 3 is 2.79 bits per heavy atom. The Kier molecular flexibility index (Phi) is 1.65. The number of allylic oxidation sites excluding steroid dienone is 1. The largest absolute Gasteiger partial charge is 0.396 e. The quantitative estimate of drug-likeness (QED) is 0.634. The number of aliphatic hydroxyl groups excluding tert-OH is 1. The van der Waals surface area contributed by atoms with Gasteiger partial charge in [0.25, 0.3) is 0 Å². The van der Waals surface area contributed by atoms with Gasteiger partial charge in [0.2, 0.25) is 0 Å². The SMILES string of the molecule is CC1(C)O[C@H]2[C@H]3[C@@H](C=C[C@H]2O1)[C@H]3CO. The molecule has 0 bridgehead atoms. The zero-order valence-corrected chi connectivity index (χ0v) is 8.51. The van der Waals surface area contributed by atoms with Crippen LogP contribution in [0, 0.1) is 17.8 Å². The van der Waals surface area contributed by atoms with Gasteiger partial charge in [-0.1, -0.05) is 12.2 Å². The zero-order chi connectivity index (χ0) is 9.92. The van der Waals surface area contributed by atoms with Crippen LogP contribution in [0.1, 0.15) is 13.8 Å². The first-order chi connectivity index (χ1) is 6.62. The average Bonchev–Trinajstić information content (AvgIpc) is 2.74. The second-order valence-electron chi connectivity index (χ2n) is 4.95. The molecule has 3 aliphatic rings. The zero-order valence-electron chi connectivity index (χ0n) is 8.51. The van der Waals surface area contributed by atoms with Crippen LogP contribution >= 0.6 is 0 Å². The second-order valence-corrected chi connectivity index (χ2v) is 4.95. The molecule has 0 unspecified atom stereocenters. The lowest BCUT2D eigenvalue weighted by Crippen LogP contribution is -2.26. The summed E-state index contributed by atoms with van der Waals surface area (Å²) in [7, 11) is 0. The van der Waals surface area contributed by atoms with Crippen molar-refractivity contribution in [2.45, 2.75) is 31.8 Å². The molecule has 3 rings (SSSR count). The molecule has 0 spiro atoms. The van der Waals surface area contributed by atoms with Crippen molar-refractivity contribution in [2.75, 3.05) is 6.61 Å². The highest BCUT2D eigenvalue weighted by Crippen LogP contribution is 2.56. The molecule has 5 atom stereocenters. The van der Waals surface area contributed by atoms with Crippen molar-refractivity contribution in [3.63, 3.8) is 0 Å². The lowest BCUT2D eigenvalue weighted by molar-refractivity contribution is -0.145. The summed E-state index contributed by atoms with van der Waals surface area (Å²) in [6, 6.07) is 0. The van der Waals surface area contributed by atoms with Crippen molar-refractivity contribution in [3.05, 3.63) is 12.2 Å². The topological polar surface area (TPSA) is 38.7 Å². The minimum absolute atomic E-state index is 0.0998. The Balaban J connectivity index is 1.83. The maximum atomic E-state index is 9.16. The maximum Gasteiger partial charge on any atom is 0.164 e. The molecule has 0 radical (unpaired) electrons. The molecular weight excluding hydrogens is 180 g/mol. The van der Waals surface area contributed by atoms with E-state index in [1.807, 2.05) is 13.8 Å². The highest BCUT2D eigenvalue weighted by Gasteiger charge is 2.60. The van der Waals surface area contributed by atoms with Gasteiger partial charge in [0.1, 0.15) is 6.10 Å². The van der Waals surface area contributed by atoms with E-state index in [-0.39, 0.29) is 18.8 Å². The number of ether oxygens (including phenoxy) is 2. The van der Waals surface area contributed by atoms with Crippen LogP contribution < -0.4 is 0 Å². The molecule has 3 nitrogen and oxygen atoms in total. The molecule has 78 valence electrons. The van der Waals surface area contributed by atoms with Crippen LogP contribution in [0.3, 0.4) is 0 Å². The Hall–Kier alpha value is -0.380. The van der Waals surface area contributed by atoms with Gasteiger partial charge in [0.05, 0.1) is 6.10 Å². The van der Waals surface area contributed by atoms with Crippen molar-refractivity contribution >= 4 is 0 Å². The summed E-state index contributed by atoms with van der Waals surface area (Å²) in [5.74, 6) is 0.950. The van der Waals surface area contributed by atoms with Crippen LogP contribution in [0.15, 0.2) is 12.2 Å². The van der Waals surface area contributed by atoms with Gasteiger partial charge in [0.15, 0.2) is 5.79 Å². The van der Waals surface area contributed by atoms with E-state index >= 15 is 0 Å². The predicted octanol–water partition coefficient (Wildman–Crippen LogP) is 0.931. The summed E-state index contributed by atoms with van der Waals surface area (Å²) in [6.45, 7) is 4.17. The fourth-order valence-electron chi connectivity index (χ4n) is 2.91. The lowest BCUT2D eigenvalue weighted by Gasteiger charge is -2.17. The molecule has 1 heterocycles. The van der Waals surface area contributed by atoms with Crippen molar-refractivity contribution in [1.82, 2.24) is 0 Å². The molecule has 3 heteroatoms. The van der Waals surface area contributed by atoms with E-state index in [0.717, 1.165) is 0 Å². The highest BCUT2D eigenvalue weighted by atomic mass is 16.8. The van der Waals surface area contributed by atoms with E-state index in [4.69, 9.17) is 14.6 Å². The molecule has 0 aromatic heterocycles. The van der Waals surface area contributed by atoms with E-state index in [9.17, 15) is 0 Å². The molecule has 1 saturated carbocycles. The summed E-state index contributed by atoms with van der Waals surface area (Å²) in [5, 5.41) is 9.16. The van der Waals surface area contributed by atoms with Gasteiger partial charge in [-0.05, 0) is 25.7 Å². The van der Waals surface area contributed by atoms with Gasteiger partial charge >= 0.3 is 0 Å². The molecule has 2 fully saturated rings. The molecule has 0 amide bonds. The van der Waals surface area contributed by atoms with Crippen LogP contribution in [-0.2, 0) is 9.47 Å². The fraction of sp³-hybridized carbons (Fsp3) is 0.818. The molecule has 1 N–H and O–H groups in total. The van der Waals surface area contributed by atoms with Gasteiger partial charge < -0.3 is 14.6 Å². The number of rotatable bonds is 1. The van der Waals surface area contributed by atoms with Crippen LogP contribution in [-0.4, -0.2) is 29.7 Å². The first-order valence-corrected chi connectivity index (χ1v) is 5.27. The third-order valence-corrected chi connectivity index (χ3v) is 3.57. The molecule has 2 aliphatic carbocycles. The summed E-state index contributed by atoms with van der Waals surface area (Å²) >= 11 is 0. The van der Waals surface area contributed by atoms with Crippen molar-refractivity contribution in [2.24, 2.45) is 17.8 Å². The van der Waals surface area contributed by atoms with E-state index < -0.39 is 5.79 Å². The van der Waals surface area contributed by atoms with Crippen LogP contribution in [0.5, 0.6) is 0 Å². The van der Waals surface area contributed by atoms with Gasteiger partial charge in [-0.2, -0.15) is 0 Å². The number of hydrogen-bond donors (Lipinski definition) is 1. The molecular formula is C11H16O3. The number of aliphatic hydroxyl groups is 1. The third kappa shape index (κ3) is 1.09. The summed E-state index contributed by atoms with van der Waals surface area (Å²) in [4.78, 5) is 0. The van der Waals surface area contributed by atoms with Crippen molar-refractivity contribution in [1.29, 1.82) is 0 Å². The van der Waals surface area contributed by atoms with Crippen LogP contribution in [0.4, 0.5) is 0 Å². The molecule has 0 aromatic rings. The minimum atomic E-state index is -0.461. The number of hydrogen-bond acceptors (Lipinski definition) is 3. The highest BCUT2D eigenvalue weighted by molar-refractivity contribution is 5.21. The smallest absolute Gasteiger partial charge is 0.164 e. The monoisotopic (exact) mass is 196 g/mol.